The predicted octanol–water partition coefficient (Wildman–Crippen LogP) is 6.31. The lowest BCUT2D eigenvalue weighted by atomic mass is 10.00. The number of alkyl halides is 3. The number of aromatic amines is 1. The first-order chi connectivity index (χ1) is 26.5. The van der Waals surface area contributed by atoms with Crippen molar-refractivity contribution < 1.29 is 44.8 Å². The van der Waals surface area contributed by atoms with Crippen molar-refractivity contribution in [3.63, 3.8) is 0 Å². The second-order valence-electron chi connectivity index (χ2n) is 14.3. The Labute approximate surface area is 319 Å². The highest BCUT2D eigenvalue weighted by atomic mass is 32.2. The molecule has 2 saturated heterocycles. The number of hydrogen-bond donors (Lipinski definition) is 1. The monoisotopic (exact) mass is 802 g/mol. The highest BCUT2D eigenvalue weighted by Crippen LogP contribution is 2.33. The third-order valence-electron chi connectivity index (χ3n) is 8.93. The van der Waals surface area contributed by atoms with E-state index < -0.39 is 39.2 Å². The minimum atomic E-state index is -5.84. The maximum absolute atomic E-state index is 12.7. The van der Waals surface area contributed by atoms with Crippen LogP contribution in [0.1, 0.15) is 88.3 Å². The molecule has 2 amide bonds. The van der Waals surface area contributed by atoms with Crippen molar-refractivity contribution in [3.8, 4) is 5.88 Å². The van der Waals surface area contributed by atoms with E-state index >= 15 is 0 Å². The topological polar surface area (TPSA) is 183 Å². The van der Waals surface area contributed by atoms with Gasteiger partial charge in [-0.1, -0.05) is 30.3 Å². The number of benzene rings is 1. The molecule has 1 aromatic carbocycles. The molecular formula is C36H41F3N8O8S. The molecule has 5 aromatic rings. The maximum Gasteiger partial charge on any atom is 0.534 e. The first kappa shape index (κ1) is 40.0. The van der Waals surface area contributed by atoms with Crippen molar-refractivity contribution in [2.75, 3.05) is 13.1 Å². The molecule has 7 rings (SSSR count). The zero-order valence-electron chi connectivity index (χ0n) is 30.8. The standard InChI is InChI=1S/C20H19F3N4O5S.C16H22N4O3/c21-20(22,23)33(29,30)32-18-9-11-27-17(24-18)12-15(25-27)16-8-4-5-10-26(16)19(28)31-13-14-6-2-1-3-7-14;1-16(2,3)23-15(22)19-8-5-4-6-12(19)11-10-13-17-14(21)7-9-20(13)18-11/h1-3,6-7,9,11-12,16H,4-5,8,10,13H2;7,9-10,12H,4-6,8H2,1-3H3,(H,17,21)/t16-;12-/m00/s1. The second-order valence-corrected chi connectivity index (χ2v) is 15.8. The summed E-state index contributed by atoms with van der Waals surface area (Å²) in [5.41, 5.74) is -3.50. The Hall–Kier alpha value is -5.66. The molecule has 0 aliphatic carbocycles. The highest BCUT2D eigenvalue weighted by Gasteiger charge is 2.49. The molecule has 0 bridgehead atoms. The van der Waals surface area contributed by atoms with E-state index in [-0.39, 0.29) is 29.9 Å². The van der Waals surface area contributed by atoms with E-state index in [2.05, 4.69) is 24.3 Å². The van der Waals surface area contributed by atoms with Crippen molar-refractivity contribution in [1.29, 1.82) is 0 Å². The largest absolute Gasteiger partial charge is 0.534 e. The Morgan fingerprint density at radius 1 is 0.839 bits per heavy atom. The third kappa shape index (κ3) is 9.58. The van der Waals surface area contributed by atoms with E-state index in [1.807, 2.05) is 57.2 Å². The number of rotatable bonds is 6. The van der Waals surface area contributed by atoms with Crippen LogP contribution >= 0.6 is 0 Å². The van der Waals surface area contributed by atoms with E-state index in [0.29, 0.717) is 30.9 Å². The van der Waals surface area contributed by atoms with Crippen LogP contribution in [0.3, 0.4) is 0 Å². The van der Waals surface area contributed by atoms with Crippen molar-refractivity contribution in [2.24, 2.45) is 0 Å². The number of fused-ring (bicyclic) bond motifs is 2. The minimum Gasteiger partial charge on any atom is -0.445 e. The quantitative estimate of drug-likeness (QED) is 0.150. The summed E-state index contributed by atoms with van der Waals surface area (Å²) in [6.45, 7) is 6.81. The molecule has 0 spiro atoms. The van der Waals surface area contributed by atoms with Crippen LogP contribution in [0.15, 0.2) is 71.8 Å². The van der Waals surface area contributed by atoms with Gasteiger partial charge >= 0.3 is 27.8 Å². The molecule has 56 heavy (non-hydrogen) atoms. The summed E-state index contributed by atoms with van der Waals surface area (Å²) in [5.74, 6) is -0.742. The molecule has 0 saturated carbocycles. The fourth-order valence-electron chi connectivity index (χ4n) is 6.38. The molecule has 300 valence electrons. The summed E-state index contributed by atoms with van der Waals surface area (Å²) in [6, 6.07) is 14.4. The van der Waals surface area contributed by atoms with E-state index in [1.54, 1.807) is 20.5 Å². The number of H-pyrrole nitrogens is 1. The molecule has 1 N–H and O–H groups in total. The van der Waals surface area contributed by atoms with Crippen molar-refractivity contribution in [1.82, 2.24) is 39.0 Å². The van der Waals surface area contributed by atoms with Crippen LogP contribution in [0, 0.1) is 0 Å². The number of carbonyl (C=O) groups excluding carboxylic acids is 2. The maximum atomic E-state index is 12.7. The number of amides is 2. The summed E-state index contributed by atoms with van der Waals surface area (Å²) in [4.78, 5) is 46.5. The fraction of sp³-hybridized carbons (Fsp3) is 0.444. The molecule has 4 aromatic heterocycles. The number of ether oxygens (including phenoxy) is 2. The van der Waals surface area contributed by atoms with Crippen LogP contribution in [0.2, 0.25) is 0 Å². The zero-order valence-corrected chi connectivity index (χ0v) is 31.6. The van der Waals surface area contributed by atoms with Crippen molar-refractivity contribution in [3.05, 3.63) is 94.3 Å². The molecule has 0 unspecified atom stereocenters. The molecule has 16 nitrogen and oxygen atoms in total. The van der Waals surface area contributed by atoms with Gasteiger partial charge in [0.15, 0.2) is 5.65 Å². The molecule has 2 aliphatic rings. The predicted molar refractivity (Wildman–Crippen MR) is 194 cm³/mol. The lowest BCUT2D eigenvalue weighted by molar-refractivity contribution is -0.0501. The fourth-order valence-corrected chi connectivity index (χ4v) is 6.79. The summed E-state index contributed by atoms with van der Waals surface area (Å²) in [5, 5.41) is 8.85. The van der Waals surface area contributed by atoms with Gasteiger partial charge in [0.05, 0.1) is 23.5 Å². The van der Waals surface area contributed by atoms with Crippen LogP contribution in [0.4, 0.5) is 22.8 Å². The highest BCUT2D eigenvalue weighted by molar-refractivity contribution is 7.87. The lowest BCUT2D eigenvalue weighted by Crippen LogP contribution is -2.42. The summed E-state index contributed by atoms with van der Waals surface area (Å²) < 4.78 is 78.1. The Bertz CT molecular complexity index is 2340. The van der Waals surface area contributed by atoms with Gasteiger partial charge in [0.25, 0.3) is 5.56 Å². The molecule has 6 heterocycles. The van der Waals surface area contributed by atoms with Gasteiger partial charge in [-0.2, -0.15) is 36.8 Å². The minimum absolute atomic E-state index is 0.0723. The van der Waals surface area contributed by atoms with Crippen LogP contribution in [0.25, 0.3) is 11.3 Å². The van der Waals surface area contributed by atoms with Crippen molar-refractivity contribution >= 4 is 33.6 Å². The van der Waals surface area contributed by atoms with Gasteiger partial charge in [0.2, 0.25) is 5.88 Å². The molecule has 0 radical (unpaired) electrons. The summed E-state index contributed by atoms with van der Waals surface area (Å²) in [7, 11) is -5.84. The summed E-state index contributed by atoms with van der Waals surface area (Å²) in [6.07, 6.45) is 7.11. The molecule has 2 aliphatic heterocycles. The van der Waals surface area contributed by atoms with Gasteiger partial charge < -0.3 is 18.6 Å². The number of aromatic nitrogens is 6. The molecule has 2 atom stereocenters. The Morgan fingerprint density at radius 2 is 1.45 bits per heavy atom. The van der Waals surface area contributed by atoms with Crippen LogP contribution < -0.4 is 9.74 Å². The number of likely N-dealkylation sites (tertiary alicyclic amines) is 2. The van der Waals surface area contributed by atoms with Crippen LogP contribution in [0.5, 0.6) is 5.88 Å². The average molecular weight is 803 g/mol. The van der Waals surface area contributed by atoms with Gasteiger partial charge in [0, 0.05) is 49.7 Å². The molecule has 2 fully saturated rings. The third-order valence-corrected chi connectivity index (χ3v) is 9.88. The first-order valence-corrected chi connectivity index (χ1v) is 19.3. The SMILES string of the molecule is CC(C)(C)OC(=O)N1CCCC[C@H]1c1cc2[nH]c(=O)ccn2n1.O=C(OCc1ccccc1)N1CCCC[C@H]1c1cc2nc(OS(=O)(=O)C(F)(F)F)ccn2n1. The van der Waals surface area contributed by atoms with Gasteiger partial charge in [-0.3, -0.25) is 14.6 Å². The number of piperidine rings is 2. The average Bonchev–Trinajstić information content (AvgIpc) is 3.77. The number of hydrogen-bond acceptors (Lipinski definition) is 11. The van der Waals surface area contributed by atoms with Crippen LogP contribution in [-0.2, 0) is 26.2 Å². The molecular weight excluding hydrogens is 762 g/mol. The number of nitrogens with one attached hydrogen (secondary N) is 1. The van der Waals surface area contributed by atoms with Gasteiger partial charge in [0.1, 0.15) is 17.9 Å². The summed E-state index contributed by atoms with van der Waals surface area (Å²) >= 11 is 0. The first-order valence-electron chi connectivity index (χ1n) is 17.9. The van der Waals surface area contributed by atoms with Gasteiger partial charge in [-0.25, -0.2) is 18.6 Å². The van der Waals surface area contributed by atoms with Gasteiger partial charge in [-0.05, 0) is 64.9 Å². The normalized spacial score (nSPS) is 18.0. The van der Waals surface area contributed by atoms with E-state index in [9.17, 15) is 36.0 Å². The van der Waals surface area contributed by atoms with E-state index in [4.69, 9.17) is 9.47 Å². The Morgan fingerprint density at radius 3 is 2.09 bits per heavy atom. The molecule has 20 heteroatoms. The lowest BCUT2D eigenvalue weighted by Gasteiger charge is -2.35. The zero-order chi connectivity index (χ0) is 40.3. The Balaban J connectivity index is 0.000000202. The number of halogens is 3. The van der Waals surface area contributed by atoms with Crippen molar-refractivity contribution in [2.45, 2.75) is 89.1 Å². The van der Waals surface area contributed by atoms with Crippen LogP contribution in [-0.4, -0.2) is 83.8 Å². The van der Waals surface area contributed by atoms with Gasteiger partial charge in [-0.15, -0.1) is 0 Å². The number of carbonyl (C=O) groups is 2. The van der Waals surface area contributed by atoms with E-state index in [0.717, 1.165) is 49.4 Å². The van der Waals surface area contributed by atoms with E-state index in [1.165, 1.54) is 22.8 Å². The number of nitrogens with zero attached hydrogens (tertiary/aromatic N) is 7. The smallest absolute Gasteiger partial charge is 0.445 e. The second kappa shape index (κ2) is 16.2. The Kier molecular flexibility index (Phi) is 11.6.